The Morgan fingerprint density at radius 1 is 0.941 bits per heavy atom. The molecule has 3 nitrogen and oxygen atoms in total. The van der Waals surface area contributed by atoms with Crippen LogP contribution in [0.5, 0.6) is 0 Å². The zero-order valence-corrected chi connectivity index (χ0v) is 15.9. The number of hydrogen-bond donors (Lipinski definition) is 2. The first-order chi connectivity index (χ1) is 7.18. The minimum Gasteiger partial charge on any atom is -0.385 e. The third kappa shape index (κ3) is 19.6. The number of thiol groups is 1. The molecule has 102 valence electrons. The predicted octanol–water partition coefficient (Wildman–Crippen LogP) is 2.33. The van der Waals surface area contributed by atoms with Crippen molar-refractivity contribution in [3.63, 3.8) is 0 Å². The number of hydrogen-bond acceptors (Lipinski definition) is 5. The average Bonchev–Trinajstić information content (AvgIpc) is 2.12. The topological polar surface area (TPSA) is 32.5 Å². The van der Waals surface area contributed by atoms with Gasteiger partial charge in [0.1, 0.15) is 13.0 Å². The number of thiocarbonyl (C=S) groups is 3. The lowest BCUT2D eigenvalue weighted by Crippen LogP contribution is -2.18. The van der Waals surface area contributed by atoms with Crippen molar-refractivity contribution in [3.05, 3.63) is 0 Å². The van der Waals surface area contributed by atoms with Crippen molar-refractivity contribution in [2.24, 2.45) is 5.73 Å². The second kappa shape index (κ2) is 13.5. The van der Waals surface area contributed by atoms with E-state index in [1.807, 2.05) is 38.0 Å². The van der Waals surface area contributed by atoms with Gasteiger partial charge in [0.2, 0.25) is 0 Å². The number of nitrogens with zero attached hydrogens (tertiary/aromatic N) is 2. The highest BCUT2D eigenvalue weighted by Crippen LogP contribution is 2.26. The zero-order valence-electron chi connectivity index (χ0n) is 9.96. The van der Waals surface area contributed by atoms with Crippen molar-refractivity contribution >= 4 is 97.3 Å². The highest BCUT2D eigenvalue weighted by atomic mass is 33.1. The summed E-state index contributed by atoms with van der Waals surface area (Å²) in [5, 5.41) is 0. The van der Waals surface area contributed by atoms with Crippen molar-refractivity contribution in [3.8, 4) is 0 Å². The number of rotatable bonds is 0. The van der Waals surface area contributed by atoms with Gasteiger partial charge in [0.15, 0.2) is 0 Å². The molecule has 0 aliphatic heterocycles. The Labute approximate surface area is 140 Å². The molecule has 0 fully saturated rings. The standard InChI is InChI=1S/C6H12N2S4.CH3NS2.H2S/c1-7(2)5(9)11-12-6(10)8(3)4;2-1(3)4;/h1-4H3;(H3,2,3,4);1H2. The molecule has 0 spiro atoms. The molecule has 0 rings (SSSR count). The van der Waals surface area contributed by atoms with Crippen molar-refractivity contribution in [2.75, 3.05) is 28.2 Å². The van der Waals surface area contributed by atoms with Gasteiger partial charge < -0.3 is 15.5 Å². The van der Waals surface area contributed by atoms with E-state index in [0.717, 1.165) is 8.64 Å². The van der Waals surface area contributed by atoms with Gasteiger partial charge in [-0.25, -0.2) is 0 Å². The smallest absolute Gasteiger partial charge is 0.146 e. The van der Waals surface area contributed by atoms with Gasteiger partial charge in [-0.05, 0) is 21.6 Å². The van der Waals surface area contributed by atoms with Gasteiger partial charge in [0.05, 0.1) is 0 Å². The molecule has 0 aromatic heterocycles. The average molecular weight is 368 g/mol. The Balaban J connectivity index is -0.000000340. The van der Waals surface area contributed by atoms with E-state index in [2.05, 4.69) is 24.8 Å². The molecule has 17 heavy (non-hydrogen) atoms. The lowest BCUT2D eigenvalue weighted by atomic mass is 11.0. The van der Waals surface area contributed by atoms with E-state index in [0.29, 0.717) is 0 Å². The molecule has 0 aliphatic carbocycles. The molecule has 0 atom stereocenters. The lowest BCUT2D eigenvalue weighted by Gasteiger charge is -2.15. The van der Waals surface area contributed by atoms with Crippen LogP contribution in [0.3, 0.4) is 0 Å². The third-order valence-corrected chi connectivity index (χ3v) is 5.07. The molecule has 2 N–H and O–H groups in total. The Bertz CT molecular complexity index is 230. The Kier molecular flexibility index (Phi) is 18.4. The molecular formula is C7H17N3S7. The van der Waals surface area contributed by atoms with Crippen molar-refractivity contribution < 1.29 is 0 Å². The zero-order chi connectivity index (χ0) is 13.3. The van der Waals surface area contributed by atoms with Crippen LogP contribution in [0.25, 0.3) is 0 Å². The minimum absolute atomic E-state index is 0. The van der Waals surface area contributed by atoms with Gasteiger partial charge in [0.25, 0.3) is 0 Å². The molecule has 0 aliphatic rings. The van der Waals surface area contributed by atoms with Gasteiger partial charge in [0, 0.05) is 28.2 Å². The predicted molar refractivity (Wildman–Crippen MR) is 104 cm³/mol. The summed E-state index contributed by atoms with van der Waals surface area (Å²) in [7, 11) is 10.7. The molecular weight excluding hydrogens is 351 g/mol. The molecule has 0 bridgehead atoms. The molecule has 0 aromatic carbocycles. The van der Waals surface area contributed by atoms with Crippen LogP contribution in [0.4, 0.5) is 0 Å². The van der Waals surface area contributed by atoms with E-state index in [1.165, 1.54) is 21.6 Å². The van der Waals surface area contributed by atoms with Crippen LogP contribution < -0.4 is 5.73 Å². The SMILES string of the molecule is CN(C)C(=S)SSC(=S)N(C)C.NC(=S)S.S. The maximum atomic E-state index is 5.07. The van der Waals surface area contributed by atoms with Crippen molar-refractivity contribution in [1.82, 2.24) is 9.80 Å². The molecule has 10 heteroatoms. The largest absolute Gasteiger partial charge is 0.385 e. The van der Waals surface area contributed by atoms with E-state index in [4.69, 9.17) is 30.2 Å². The van der Waals surface area contributed by atoms with E-state index >= 15 is 0 Å². The van der Waals surface area contributed by atoms with Crippen LogP contribution in [-0.2, 0) is 0 Å². The maximum absolute atomic E-state index is 5.07. The van der Waals surface area contributed by atoms with E-state index in [1.54, 1.807) is 0 Å². The molecule has 0 unspecified atom stereocenters. The van der Waals surface area contributed by atoms with Gasteiger partial charge >= 0.3 is 0 Å². The van der Waals surface area contributed by atoms with E-state index < -0.39 is 0 Å². The van der Waals surface area contributed by atoms with Crippen LogP contribution in [0, 0.1) is 0 Å². The van der Waals surface area contributed by atoms with E-state index in [9.17, 15) is 0 Å². The van der Waals surface area contributed by atoms with Crippen LogP contribution in [0.1, 0.15) is 0 Å². The summed E-state index contributed by atoms with van der Waals surface area (Å²) in [6.07, 6.45) is 0. The Hall–Kier alpha value is 1.07. The molecule has 0 amide bonds. The summed E-state index contributed by atoms with van der Waals surface area (Å²) < 4.78 is 1.87. The second-order valence-electron chi connectivity index (χ2n) is 2.83. The first kappa shape index (κ1) is 23.2. The molecule has 0 aromatic rings. The second-order valence-corrected chi connectivity index (χ2v) is 7.45. The lowest BCUT2D eigenvalue weighted by molar-refractivity contribution is 0.647. The molecule has 0 saturated carbocycles. The first-order valence-corrected chi connectivity index (χ1v) is 7.76. The van der Waals surface area contributed by atoms with Crippen molar-refractivity contribution in [1.29, 1.82) is 0 Å². The van der Waals surface area contributed by atoms with Crippen LogP contribution >= 0.6 is 84.4 Å². The van der Waals surface area contributed by atoms with E-state index in [-0.39, 0.29) is 17.8 Å². The highest BCUT2D eigenvalue weighted by Gasteiger charge is 2.04. The third-order valence-electron chi connectivity index (χ3n) is 0.915. The summed E-state index contributed by atoms with van der Waals surface area (Å²) in [6, 6.07) is 0. The maximum Gasteiger partial charge on any atom is 0.146 e. The van der Waals surface area contributed by atoms with Crippen LogP contribution in [-0.4, -0.2) is 51.0 Å². The van der Waals surface area contributed by atoms with Gasteiger partial charge in [-0.2, -0.15) is 13.5 Å². The van der Waals surface area contributed by atoms with Crippen molar-refractivity contribution in [2.45, 2.75) is 0 Å². The van der Waals surface area contributed by atoms with Gasteiger partial charge in [-0.3, -0.25) is 0 Å². The highest BCUT2D eigenvalue weighted by molar-refractivity contribution is 8.89. The van der Waals surface area contributed by atoms with Crippen LogP contribution in [0.15, 0.2) is 0 Å². The molecule has 0 radical (unpaired) electrons. The quantitative estimate of drug-likeness (QED) is 0.383. The summed E-state index contributed by atoms with van der Waals surface area (Å²) in [4.78, 5) is 3.79. The summed E-state index contributed by atoms with van der Waals surface area (Å²) >= 11 is 17.8. The van der Waals surface area contributed by atoms with Gasteiger partial charge in [-0.1, -0.05) is 36.7 Å². The summed E-state index contributed by atoms with van der Waals surface area (Å²) in [5.41, 5.74) is 4.71. The minimum atomic E-state index is 0. The fraction of sp³-hybridized carbons (Fsp3) is 0.571. The summed E-state index contributed by atoms with van der Waals surface area (Å²) in [5.74, 6) is 0. The molecule has 0 saturated heterocycles. The number of nitrogens with two attached hydrogens (primary N) is 1. The monoisotopic (exact) mass is 367 g/mol. The molecule has 0 heterocycles. The fourth-order valence-corrected chi connectivity index (χ4v) is 2.60. The first-order valence-electron chi connectivity index (χ1n) is 3.94. The normalized spacial score (nSPS) is 8.06. The summed E-state index contributed by atoms with van der Waals surface area (Å²) in [6.45, 7) is 0. The van der Waals surface area contributed by atoms with Crippen LogP contribution in [0.2, 0.25) is 0 Å². The Morgan fingerprint density at radius 2 is 1.12 bits per heavy atom. The van der Waals surface area contributed by atoms with Gasteiger partial charge in [-0.15, -0.1) is 12.6 Å². The fourth-order valence-electron chi connectivity index (χ4n) is 0.220. The Morgan fingerprint density at radius 3 is 1.24 bits per heavy atom.